The van der Waals surface area contributed by atoms with Gasteiger partial charge in [-0.25, -0.2) is 9.97 Å². The van der Waals surface area contributed by atoms with Crippen molar-refractivity contribution in [2.75, 3.05) is 33.3 Å². The molecule has 0 atom stereocenters. The minimum Gasteiger partial charge on any atom is -0.380 e. The third-order valence-electron chi connectivity index (χ3n) is 6.25. The van der Waals surface area contributed by atoms with Crippen molar-refractivity contribution in [3.05, 3.63) is 40.3 Å². The molecule has 2 aliphatic heterocycles. The third kappa shape index (κ3) is 4.39. The number of carbonyl (C=O) groups is 1. The van der Waals surface area contributed by atoms with Gasteiger partial charge in [0.15, 0.2) is 5.69 Å². The molecule has 4 heterocycles. The topological polar surface area (TPSA) is 84.6 Å². The van der Waals surface area contributed by atoms with Gasteiger partial charge < -0.3 is 14.2 Å². The molecule has 8 nitrogen and oxygen atoms in total. The van der Waals surface area contributed by atoms with Crippen molar-refractivity contribution in [1.82, 2.24) is 24.9 Å². The summed E-state index contributed by atoms with van der Waals surface area (Å²) in [6, 6.07) is 0. The van der Waals surface area contributed by atoms with Gasteiger partial charge in [-0.3, -0.25) is 9.69 Å². The molecule has 2 aliphatic rings. The van der Waals surface area contributed by atoms with Crippen LogP contribution in [-0.2, 0) is 17.9 Å². The van der Waals surface area contributed by atoms with Crippen LogP contribution in [0.2, 0.25) is 0 Å². The van der Waals surface area contributed by atoms with Crippen LogP contribution in [0.3, 0.4) is 0 Å². The van der Waals surface area contributed by atoms with Crippen LogP contribution in [0.15, 0.2) is 10.7 Å². The van der Waals surface area contributed by atoms with Gasteiger partial charge in [0.25, 0.3) is 5.91 Å². The number of aromatic nitrogens is 3. The first-order chi connectivity index (χ1) is 14.6. The van der Waals surface area contributed by atoms with Crippen LogP contribution in [-0.4, -0.2) is 64.1 Å². The Labute approximate surface area is 177 Å². The first-order valence-electron chi connectivity index (χ1n) is 10.8. The molecule has 0 spiro atoms. The average molecular weight is 414 g/mol. The largest absolute Gasteiger partial charge is 0.380 e. The van der Waals surface area contributed by atoms with Crippen molar-refractivity contribution in [3.8, 4) is 0 Å². The Hall–Kier alpha value is -2.32. The van der Waals surface area contributed by atoms with Gasteiger partial charge in [-0.2, -0.15) is 0 Å². The first kappa shape index (κ1) is 20.9. The maximum atomic E-state index is 13.2. The monoisotopic (exact) mass is 413 g/mol. The van der Waals surface area contributed by atoms with E-state index in [1.165, 1.54) is 12.8 Å². The van der Waals surface area contributed by atoms with Gasteiger partial charge in [0.05, 0.1) is 12.3 Å². The lowest BCUT2D eigenvalue weighted by molar-refractivity contribution is 0.0699. The number of ether oxygens (including phenoxy) is 1. The van der Waals surface area contributed by atoms with Crippen molar-refractivity contribution < 1.29 is 14.1 Å². The number of nitrogens with zero attached hydrogens (tertiary/aromatic N) is 5. The van der Waals surface area contributed by atoms with Gasteiger partial charge in [-0.05, 0) is 52.6 Å². The predicted octanol–water partition coefficient (Wildman–Crippen LogP) is 2.84. The van der Waals surface area contributed by atoms with Gasteiger partial charge in [0, 0.05) is 50.0 Å². The fourth-order valence-corrected chi connectivity index (χ4v) is 4.55. The molecule has 0 bridgehead atoms. The van der Waals surface area contributed by atoms with Crippen molar-refractivity contribution in [2.24, 2.45) is 0 Å². The number of rotatable bonds is 6. The van der Waals surface area contributed by atoms with Gasteiger partial charge in [-0.1, -0.05) is 5.16 Å². The highest BCUT2D eigenvalue weighted by atomic mass is 16.5. The summed E-state index contributed by atoms with van der Waals surface area (Å²) in [5.41, 5.74) is 3.52. The van der Waals surface area contributed by atoms with E-state index in [4.69, 9.17) is 14.2 Å². The summed E-state index contributed by atoms with van der Waals surface area (Å²) < 4.78 is 10.7. The number of methoxy groups -OCH3 is 1. The van der Waals surface area contributed by atoms with E-state index in [0.717, 1.165) is 60.9 Å². The quantitative estimate of drug-likeness (QED) is 0.720. The number of hydrogen-bond acceptors (Lipinski definition) is 7. The lowest BCUT2D eigenvalue weighted by atomic mass is 9.90. The molecule has 8 heteroatoms. The molecule has 0 unspecified atom stereocenters. The zero-order chi connectivity index (χ0) is 21.1. The summed E-state index contributed by atoms with van der Waals surface area (Å²) in [4.78, 5) is 26.5. The molecule has 2 aromatic heterocycles. The van der Waals surface area contributed by atoms with Gasteiger partial charge in [-0.15, -0.1) is 0 Å². The second kappa shape index (κ2) is 9.22. The zero-order valence-corrected chi connectivity index (χ0v) is 18.2. The summed E-state index contributed by atoms with van der Waals surface area (Å²) in [6.07, 6.45) is 6.04. The van der Waals surface area contributed by atoms with E-state index in [0.29, 0.717) is 31.3 Å². The van der Waals surface area contributed by atoms with Crippen molar-refractivity contribution in [1.29, 1.82) is 0 Å². The standard InChI is InChI=1S/C22H31N5O3/c1-15-19(13-26-8-4-5-9-26)21(25-30-15)22(28)27-10-6-17(7-11-27)20-18(14-29-3)12-23-16(2)24-20/h12,17H,4-11,13-14H2,1-3H3. The third-order valence-corrected chi connectivity index (χ3v) is 6.25. The molecule has 30 heavy (non-hydrogen) atoms. The minimum absolute atomic E-state index is 0.0181. The Morgan fingerprint density at radius 3 is 2.63 bits per heavy atom. The molecule has 0 aromatic carbocycles. The van der Waals surface area contributed by atoms with Crippen LogP contribution >= 0.6 is 0 Å². The lowest BCUT2D eigenvalue weighted by Gasteiger charge is -2.32. The van der Waals surface area contributed by atoms with E-state index < -0.39 is 0 Å². The number of piperidine rings is 1. The van der Waals surface area contributed by atoms with Crippen LogP contribution in [0.4, 0.5) is 0 Å². The Balaban J connectivity index is 1.44. The number of carbonyl (C=O) groups excluding carboxylic acids is 1. The minimum atomic E-state index is -0.0181. The molecule has 0 radical (unpaired) electrons. The highest BCUT2D eigenvalue weighted by Gasteiger charge is 2.31. The van der Waals surface area contributed by atoms with Gasteiger partial charge >= 0.3 is 0 Å². The zero-order valence-electron chi connectivity index (χ0n) is 18.2. The van der Waals surface area contributed by atoms with E-state index in [-0.39, 0.29) is 5.91 Å². The van der Waals surface area contributed by atoms with E-state index in [2.05, 4.69) is 15.0 Å². The van der Waals surface area contributed by atoms with Crippen LogP contribution < -0.4 is 0 Å². The maximum Gasteiger partial charge on any atom is 0.276 e. The number of amides is 1. The highest BCUT2D eigenvalue weighted by molar-refractivity contribution is 5.93. The molecule has 0 aliphatic carbocycles. The molecule has 4 rings (SSSR count). The molecule has 2 aromatic rings. The summed E-state index contributed by atoms with van der Waals surface area (Å²) in [6.45, 7) is 8.59. The molecular weight excluding hydrogens is 382 g/mol. The predicted molar refractivity (Wildman–Crippen MR) is 111 cm³/mol. The van der Waals surface area contributed by atoms with Crippen LogP contribution in [0.25, 0.3) is 0 Å². The Morgan fingerprint density at radius 1 is 1.20 bits per heavy atom. The fraction of sp³-hybridized carbons (Fsp3) is 0.636. The van der Waals surface area contributed by atoms with Gasteiger partial charge in [0.2, 0.25) is 0 Å². The molecule has 162 valence electrons. The van der Waals surface area contributed by atoms with Crippen LogP contribution in [0.1, 0.15) is 70.5 Å². The van der Waals surface area contributed by atoms with Crippen LogP contribution in [0.5, 0.6) is 0 Å². The summed E-state index contributed by atoms with van der Waals surface area (Å²) in [5, 5.41) is 4.13. The summed E-state index contributed by atoms with van der Waals surface area (Å²) in [5.74, 6) is 1.81. The van der Waals surface area contributed by atoms with Gasteiger partial charge in [0.1, 0.15) is 11.6 Å². The molecule has 2 saturated heterocycles. The fourth-order valence-electron chi connectivity index (χ4n) is 4.55. The first-order valence-corrected chi connectivity index (χ1v) is 10.8. The molecule has 2 fully saturated rings. The SMILES string of the molecule is COCc1cnc(C)nc1C1CCN(C(=O)c2noc(C)c2CN2CCCC2)CC1. The highest BCUT2D eigenvalue weighted by Crippen LogP contribution is 2.30. The molecule has 0 saturated carbocycles. The molecule has 0 N–H and O–H groups in total. The van der Waals surface area contributed by atoms with Crippen molar-refractivity contribution in [2.45, 2.75) is 58.6 Å². The second-order valence-electron chi connectivity index (χ2n) is 8.38. The Morgan fingerprint density at radius 2 is 1.93 bits per heavy atom. The Kier molecular flexibility index (Phi) is 6.43. The molecule has 1 amide bonds. The van der Waals surface area contributed by atoms with E-state index in [1.54, 1.807) is 7.11 Å². The maximum absolute atomic E-state index is 13.2. The normalized spacial score (nSPS) is 18.3. The summed E-state index contributed by atoms with van der Waals surface area (Å²) >= 11 is 0. The smallest absolute Gasteiger partial charge is 0.276 e. The van der Waals surface area contributed by atoms with Crippen molar-refractivity contribution >= 4 is 5.91 Å². The van der Waals surface area contributed by atoms with E-state index in [9.17, 15) is 4.79 Å². The van der Waals surface area contributed by atoms with Crippen LogP contribution in [0, 0.1) is 13.8 Å². The number of hydrogen-bond donors (Lipinski definition) is 0. The number of likely N-dealkylation sites (tertiary alicyclic amines) is 2. The van der Waals surface area contributed by atoms with E-state index >= 15 is 0 Å². The molecular formula is C22H31N5O3. The Bertz CT molecular complexity index is 883. The van der Waals surface area contributed by atoms with E-state index in [1.807, 2.05) is 24.9 Å². The number of aryl methyl sites for hydroxylation is 2. The second-order valence-corrected chi connectivity index (χ2v) is 8.38. The van der Waals surface area contributed by atoms with Crippen molar-refractivity contribution in [3.63, 3.8) is 0 Å². The lowest BCUT2D eigenvalue weighted by Crippen LogP contribution is -2.39. The summed E-state index contributed by atoms with van der Waals surface area (Å²) in [7, 11) is 1.69. The average Bonchev–Trinajstić information content (AvgIpc) is 3.40.